The molecule has 1 rings (SSSR count). The van der Waals surface area contributed by atoms with E-state index in [1.165, 1.54) is 0 Å². The van der Waals surface area contributed by atoms with Crippen molar-refractivity contribution in [1.29, 1.82) is 0 Å². The minimum atomic E-state index is -0.615. The Hall–Kier alpha value is -1.43. The van der Waals surface area contributed by atoms with Crippen molar-refractivity contribution in [2.24, 2.45) is 5.73 Å². The highest BCUT2D eigenvalue weighted by Gasteiger charge is 2.14. The maximum absolute atomic E-state index is 11.8. The van der Waals surface area contributed by atoms with Crippen LogP contribution in [0, 0.1) is 0 Å². The Morgan fingerprint density at radius 3 is 2.68 bits per heavy atom. The molecule has 1 aromatic rings. The first kappa shape index (κ1) is 15.6. The fourth-order valence-corrected chi connectivity index (χ4v) is 1.55. The number of carbonyl (C=O) groups excluding carboxylic acids is 1. The van der Waals surface area contributed by atoms with Gasteiger partial charge >= 0.3 is 0 Å². The molecule has 0 bridgehead atoms. The van der Waals surface area contributed by atoms with Gasteiger partial charge in [-0.25, -0.2) is 0 Å². The van der Waals surface area contributed by atoms with E-state index in [0.717, 1.165) is 12.0 Å². The molecule has 1 unspecified atom stereocenters. The van der Waals surface area contributed by atoms with Crippen molar-refractivity contribution < 1.29 is 14.3 Å². The molecule has 0 heterocycles. The predicted molar refractivity (Wildman–Crippen MR) is 73.7 cm³/mol. The van der Waals surface area contributed by atoms with E-state index in [0.29, 0.717) is 26.4 Å². The smallest absolute Gasteiger partial charge is 0.241 e. The molecule has 1 amide bonds. The second kappa shape index (κ2) is 9.49. The number of nitrogens with one attached hydrogen (secondary N) is 1. The Kier molecular flexibility index (Phi) is 7.81. The van der Waals surface area contributed by atoms with Crippen LogP contribution in [0.5, 0.6) is 0 Å². The summed E-state index contributed by atoms with van der Waals surface area (Å²) in [5.74, 6) is -0.164. The standard InChI is InChI=1S/C14H22N2O3/c1-18-10-11-19-9-5-8-16-14(17)13(15)12-6-3-2-4-7-12/h2-4,6-7,13H,5,8-11,15H2,1H3,(H,16,17). The molecule has 0 aliphatic carbocycles. The minimum absolute atomic E-state index is 0.164. The van der Waals surface area contributed by atoms with Crippen LogP contribution in [-0.4, -0.2) is 39.4 Å². The molecule has 0 fully saturated rings. The minimum Gasteiger partial charge on any atom is -0.382 e. The molecule has 0 aliphatic heterocycles. The number of carbonyl (C=O) groups is 1. The van der Waals surface area contributed by atoms with Crippen LogP contribution in [-0.2, 0) is 14.3 Å². The van der Waals surface area contributed by atoms with Gasteiger partial charge in [-0.15, -0.1) is 0 Å². The Morgan fingerprint density at radius 1 is 1.26 bits per heavy atom. The average Bonchev–Trinajstić information content (AvgIpc) is 2.46. The van der Waals surface area contributed by atoms with Crippen LogP contribution < -0.4 is 11.1 Å². The van der Waals surface area contributed by atoms with Crippen LogP contribution in [0.4, 0.5) is 0 Å². The molecule has 1 aromatic carbocycles. The molecule has 106 valence electrons. The molecule has 0 aromatic heterocycles. The molecule has 0 radical (unpaired) electrons. The van der Waals surface area contributed by atoms with Gasteiger partial charge in [0.2, 0.25) is 5.91 Å². The van der Waals surface area contributed by atoms with Crippen molar-refractivity contribution in [2.75, 3.05) is 33.5 Å². The van der Waals surface area contributed by atoms with Crippen LogP contribution in [0.2, 0.25) is 0 Å². The highest BCUT2D eigenvalue weighted by molar-refractivity contribution is 5.82. The van der Waals surface area contributed by atoms with Crippen molar-refractivity contribution in [3.8, 4) is 0 Å². The third kappa shape index (κ3) is 6.33. The number of methoxy groups -OCH3 is 1. The molecule has 3 N–H and O–H groups in total. The van der Waals surface area contributed by atoms with E-state index in [9.17, 15) is 4.79 Å². The number of benzene rings is 1. The van der Waals surface area contributed by atoms with Gasteiger partial charge < -0.3 is 20.5 Å². The fraction of sp³-hybridized carbons (Fsp3) is 0.500. The maximum atomic E-state index is 11.8. The zero-order valence-corrected chi connectivity index (χ0v) is 11.3. The van der Waals surface area contributed by atoms with E-state index in [1.807, 2.05) is 30.3 Å². The fourth-order valence-electron chi connectivity index (χ4n) is 1.55. The first-order valence-electron chi connectivity index (χ1n) is 6.40. The normalized spacial score (nSPS) is 12.1. The first-order chi connectivity index (χ1) is 9.25. The molecule has 5 nitrogen and oxygen atoms in total. The van der Waals surface area contributed by atoms with Crippen molar-refractivity contribution in [1.82, 2.24) is 5.32 Å². The van der Waals surface area contributed by atoms with E-state index < -0.39 is 6.04 Å². The number of hydrogen-bond acceptors (Lipinski definition) is 4. The van der Waals surface area contributed by atoms with Crippen LogP contribution in [0.15, 0.2) is 30.3 Å². The van der Waals surface area contributed by atoms with E-state index in [1.54, 1.807) is 7.11 Å². The Labute approximate surface area is 114 Å². The van der Waals surface area contributed by atoms with Gasteiger partial charge in [-0.2, -0.15) is 0 Å². The Morgan fingerprint density at radius 2 is 2.00 bits per heavy atom. The summed E-state index contributed by atoms with van der Waals surface area (Å²) in [4.78, 5) is 11.8. The highest BCUT2D eigenvalue weighted by atomic mass is 16.5. The SMILES string of the molecule is COCCOCCCNC(=O)C(N)c1ccccc1. The first-order valence-corrected chi connectivity index (χ1v) is 6.40. The largest absolute Gasteiger partial charge is 0.382 e. The van der Waals surface area contributed by atoms with Crippen molar-refractivity contribution in [2.45, 2.75) is 12.5 Å². The lowest BCUT2D eigenvalue weighted by Gasteiger charge is -2.12. The molecular formula is C14H22N2O3. The van der Waals surface area contributed by atoms with Gasteiger partial charge in [0, 0.05) is 20.3 Å². The Balaban J connectivity index is 2.14. The van der Waals surface area contributed by atoms with Crippen LogP contribution in [0.1, 0.15) is 18.0 Å². The van der Waals surface area contributed by atoms with Crippen LogP contribution in [0.3, 0.4) is 0 Å². The summed E-state index contributed by atoms with van der Waals surface area (Å²) in [6.07, 6.45) is 0.761. The van der Waals surface area contributed by atoms with Crippen molar-refractivity contribution in [3.05, 3.63) is 35.9 Å². The molecule has 0 spiro atoms. The molecule has 1 atom stereocenters. The van der Waals surface area contributed by atoms with Gasteiger partial charge in [0.15, 0.2) is 0 Å². The number of hydrogen-bond donors (Lipinski definition) is 2. The lowest BCUT2D eigenvalue weighted by Crippen LogP contribution is -2.35. The summed E-state index contributed by atoms with van der Waals surface area (Å²) in [5.41, 5.74) is 6.68. The molecule has 19 heavy (non-hydrogen) atoms. The van der Waals surface area contributed by atoms with E-state index in [2.05, 4.69) is 5.32 Å². The zero-order valence-electron chi connectivity index (χ0n) is 11.3. The molecule has 0 aliphatic rings. The lowest BCUT2D eigenvalue weighted by molar-refractivity contribution is -0.122. The van der Waals surface area contributed by atoms with Gasteiger partial charge in [-0.3, -0.25) is 4.79 Å². The van der Waals surface area contributed by atoms with Crippen molar-refractivity contribution in [3.63, 3.8) is 0 Å². The summed E-state index contributed by atoms with van der Waals surface area (Å²) in [6.45, 7) is 2.33. The number of ether oxygens (including phenoxy) is 2. The van der Waals surface area contributed by atoms with Gasteiger partial charge in [0.1, 0.15) is 6.04 Å². The summed E-state index contributed by atoms with van der Waals surface area (Å²) in [6, 6.07) is 8.70. The van der Waals surface area contributed by atoms with Gasteiger partial charge in [0.05, 0.1) is 13.2 Å². The second-order valence-corrected chi connectivity index (χ2v) is 4.14. The number of nitrogens with two attached hydrogens (primary N) is 1. The topological polar surface area (TPSA) is 73.6 Å². The van der Waals surface area contributed by atoms with Crippen LogP contribution in [0.25, 0.3) is 0 Å². The van der Waals surface area contributed by atoms with E-state index in [-0.39, 0.29) is 5.91 Å². The molecule has 0 saturated heterocycles. The van der Waals surface area contributed by atoms with Gasteiger partial charge in [0.25, 0.3) is 0 Å². The van der Waals surface area contributed by atoms with Gasteiger partial charge in [-0.05, 0) is 12.0 Å². The summed E-state index contributed by atoms with van der Waals surface area (Å²) >= 11 is 0. The zero-order chi connectivity index (χ0) is 13.9. The summed E-state index contributed by atoms with van der Waals surface area (Å²) in [7, 11) is 1.63. The average molecular weight is 266 g/mol. The van der Waals surface area contributed by atoms with E-state index >= 15 is 0 Å². The number of rotatable bonds is 9. The quantitative estimate of drug-likeness (QED) is 0.650. The summed E-state index contributed by atoms with van der Waals surface area (Å²) < 4.78 is 10.1. The van der Waals surface area contributed by atoms with Crippen molar-refractivity contribution >= 4 is 5.91 Å². The van der Waals surface area contributed by atoms with Crippen LogP contribution >= 0.6 is 0 Å². The maximum Gasteiger partial charge on any atom is 0.241 e. The van der Waals surface area contributed by atoms with Gasteiger partial charge in [-0.1, -0.05) is 30.3 Å². The summed E-state index contributed by atoms with van der Waals surface area (Å²) in [5, 5.41) is 2.80. The third-order valence-electron chi connectivity index (χ3n) is 2.64. The lowest BCUT2D eigenvalue weighted by atomic mass is 10.1. The highest BCUT2D eigenvalue weighted by Crippen LogP contribution is 2.08. The molecule has 0 saturated carbocycles. The second-order valence-electron chi connectivity index (χ2n) is 4.14. The Bertz CT molecular complexity index is 357. The number of amides is 1. The molecule has 5 heteroatoms. The van der Waals surface area contributed by atoms with E-state index in [4.69, 9.17) is 15.2 Å². The molecular weight excluding hydrogens is 244 g/mol. The monoisotopic (exact) mass is 266 g/mol. The predicted octanol–water partition coefficient (Wildman–Crippen LogP) is 0.856. The third-order valence-corrected chi connectivity index (χ3v) is 2.64.